The molecule has 1 amide bonds. The van der Waals surface area contributed by atoms with E-state index < -0.39 is 0 Å². The van der Waals surface area contributed by atoms with Crippen LogP contribution < -0.4 is 5.32 Å². The fraction of sp³-hybridized carbons (Fsp3) is 0.600. The topological polar surface area (TPSA) is 57.2 Å². The Morgan fingerprint density at radius 2 is 2.04 bits per heavy atom. The van der Waals surface area contributed by atoms with Crippen LogP contribution in [0.1, 0.15) is 25.3 Å². The highest BCUT2D eigenvalue weighted by molar-refractivity contribution is 14.0. The van der Waals surface area contributed by atoms with Crippen LogP contribution in [0.4, 0.5) is 4.39 Å². The number of nitrogens with one attached hydrogen (secondary N) is 1. The van der Waals surface area contributed by atoms with Crippen molar-refractivity contribution in [2.24, 2.45) is 4.99 Å². The van der Waals surface area contributed by atoms with Crippen molar-refractivity contribution in [1.29, 1.82) is 0 Å². The van der Waals surface area contributed by atoms with Gasteiger partial charge in [0.05, 0.1) is 0 Å². The number of halogens is 2. The van der Waals surface area contributed by atoms with E-state index in [1.54, 1.807) is 12.1 Å². The van der Waals surface area contributed by atoms with Gasteiger partial charge in [-0.05, 0) is 43.9 Å². The van der Waals surface area contributed by atoms with Crippen molar-refractivity contribution >= 4 is 35.8 Å². The number of carbonyl (C=O) groups is 1. The lowest BCUT2D eigenvalue weighted by molar-refractivity contribution is -0.142. The summed E-state index contributed by atoms with van der Waals surface area (Å²) in [4.78, 5) is 21.2. The first-order valence-corrected chi connectivity index (χ1v) is 9.85. The highest BCUT2D eigenvalue weighted by Crippen LogP contribution is 2.16. The van der Waals surface area contributed by atoms with E-state index in [1.807, 2.05) is 17.9 Å². The molecule has 0 bridgehead atoms. The summed E-state index contributed by atoms with van der Waals surface area (Å²) in [6.07, 6.45) is 2.26. The van der Waals surface area contributed by atoms with Crippen molar-refractivity contribution in [3.8, 4) is 0 Å². The van der Waals surface area contributed by atoms with E-state index in [0.29, 0.717) is 32.7 Å². The Hall–Kier alpha value is -1.42. The molecule has 1 atom stereocenters. The lowest BCUT2D eigenvalue weighted by atomic mass is 10.1. The standard InChI is InChI=1S/C20H29FN4O2.HI/c1-2-22-20(23-9-8-16-5-3-6-17(21)15-16)25-12-10-24(11-13-25)19(26)18-7-4-14-27-18;/h3,5-6,15,18H,2,4,7-14H2,1H3,(H,22,23);1H. The van der Waals surface area contributed by atoms with Gasteiger partial charge >= 0.3 is 0 Å². The van der Waals surface area contributed by atoms with Gasteiger partial charge in [0, 0.05) is 45.9 Å². The minimum absolute atomic E-state index is 0. The van der Waals surface area contributed by atoms with E-state index in [0.717, 1.165) is 44.0 Å². The van der Waals surface area contributed by atoms with Crippen LogP contribution in [0.15, 0.2) is 29.3 Å². The number of hydrogen-bond donors (Lipinski definition) is 1. The maximum Gasteiger partial charge on any atom is 0.251 e. The molecule has 0 aliphatic carbocycles. The van der Waals surface area contributed by atoms with Crippen molar-refractivity contribution in [2.45, 2.75) is 32.3 Å². The zero-order valence-corrected chi connectivity index (χ0v) is 18.7. The Morgan fingerprint density at radius 3 is 2.68 bits per heavy atom. The molecule has 3 rings (SSSR count). The number of rotatable bonds is 5. The fourth-order valence-corrected chi connectivity index (χ4v) is 3.52. The quantitative estimate of drug-likeness (QED) is 0.380. The molecule has 2 saturated heterocycles. The van der Waals surface area contributed by atoms with Crippen molar-refractivity contribution in [3.63, 3.8) is 0 Å². The third-order valence-corrected chi connectivity index (χ3v) is 4.98. The zero-order valence-electron chi connectivity index (χ0n) is 16.4. The van der Waals surface area contributed by atoms with E-state index in [4.69, 9.17) is 9.73 Å². The van der Waals surface area contributed by atoms with Crippen LogP contribution in [0.3, 0.4) is 0 Å². The highest BCUT2D eigenvalue weighted by Gasteiger charge is 2.30. The molecular weight excluding hydrogens is 474 g/mol. The Morgan fingerprint density at radius 1 is 1.29 bits per heavy atom. The Kier molecular flexibility index (Phi) is 9.43. The second-order valence-corrected chi connectivity index (χ2v) is 6.93. The number of nitrogens with zero attached hydrogens (tertiary/aromatic N) is 3. The van der Waals surface area contributed by atoms with Crippen molar-refractivity contribution in [3.05, 3.63) is 35.6 Å². The molecule has 28 heavy (non-hydrogen) atoms. The fourth-order valence-electron chi connectivity index (χ4n) is 3.52. The number of amides is 1. The summed E-state index contributed by atoms with van der Waals surface area (Å²) >= 11 is 0. The molecule has 1 N–H and O–H groups in total. The van der Waals surface area contributed by atoms with Gasteiger partial charge in [0.25, 0.3) is 5.91 Å². The second-order valence-electron chi connectivity index (χ2n) is 6.93. The number of ether oxygens (including phenoxy) is 1. The first-order chi connectivity index (χ1) is 13.2. The Labute approximate surface area is 183 Å². The molecule has 6 nitrogen and oxygen atoms in total. The third-order valence-electron chi connectivity index (χ3n) is 4.98. The molecule has 1 unspecified atom stereocenters. The summed E-state index contributed by atoms with van der Waals surface area (Å²) in [5.74, 6) is 0.772. The van der Waals surface area contributed by atoms with Crippen LogP contribution >= 0.6 is 24.0 Å². The zero-order chi connectivity index (χ0) is 19.1. The number of guanidine groups is 1. The molecule has 2 heterocycles. The number of hydrogen-bond acceptors (Lipinski definition) is 3. The van der Waals surface area contributed by atoms with Crippen LogP contribution in [-0.4, -0.2) is 73.6 Å². The largest absolute Gasteiger partial charge is 0.368 e. The number of piperazine rings is 1. The summed E-state index contributed by atoms with van der Waals surface area (Å²) < 4.78 is 18.8. The molecule has 2 aliphatic rings. The van der Waals surface area contributed by atoms with Gasteiger partial charge in [-0.15, -0.1) is 24.0 Å². The molecular formula is C20H30FIN4O2. The van der Waals surface area contributed by atoms with Gasteiger partial charge in [0.2, 0.25) is 0 Å². The molecule has 1 aromatic carbocycles. The Bertz CT molecular complexity index is 659. The third kappa shape index (κ3) is 6.30. The number of carbonyl (C=O) groups excluding carboxylic acids is 1. The van der Waals surface area contributed by atoms with Crippen LogP contribution in [-0.2, 0) is 16.0 Å². The summed E-state index contributed by atoms with van der Waals surface area (Å²) in [5.41, 5.74) is 0.946. The monoisotopic (exact) mass is 504 g/mol. The molecule has 0 radical (unpaired) electrons. The number of benzene rings is 1. The van der Waals surface area contributed by atoms with Crippen LogP contribution in [0.2, 0.25) is 0 Å². The maximum atomic E-state index is 13.3. The van der Waals surface area contributed by atoms with Crippen LogP contribution in [0.25, 0.3) is 0 Å². The van der Waals surface area contributed by atoms with E-state index in [-0.39, 0.29) is 41.8 Å². The highest BCUT2D eigenvalue weighted by atomic mass is 127. The average Bonchev–Trinajstić information content (AvgIpc) is 3.22. The van der Waals surface area contributed by atoms with E-state index in [9.17, 15) is 9.18 Å². The summed E-state index contributed by atoms with van der Waals surface area (Å²) in [7, 11) is 0. The van der Waals surface area contributed by atoms with Gasteiger partial charge in [-0.2, -0.15) is 0 Å². The first-order valence-electron chi connectivity index (χ1n) is 9.85. The van der Waals surface area contributed by atoms with Gasteiger partial charge in [-0.1, -0.05) is 12.1 Å². The predicted octanol–water partition coefficient (Wildman–Crippen LogP) is 2.27. The molecule has 0 aromatic heterocycles. The SMILES string of the molecule is CCNC(=NCCc1cccc(F)c1)N1CCN(C(=O)C2CCCO2)CC1.I. The van der Waals surface area contributed by atoms with Crippen molar-refractivity contribution < 1.29 is 13.9 Å². The summed E-state index contributed by atoms with van der Waals surface area (Å²) in [5, 5.41) is 3.32. The normalized spacial score (nSPS) is 20.1. The lowest BCUT2D eigenvalue weighted by Crippen LogP contribution is -2.55. The molecule has 156 valence electrons. The molecule has 0 spiro atoms. The van der Waals surface area contributed by atoms with Crippen LogP contribution in [0, 0.1) is 5.82 Å². The van der Waals surface area contributed by atoms with Crippen LogP contribution in [0.5, 0.6) is 0 Å². The van der Waals surface area contributed by atoms with E-state index in [2.05, 4.69) is 10.2 Å². The Balaban J connectivity index is 0.00000280. The molecule has 2 aliphatic heterocycles. The maximum absolute atomic E-state index is 13.3. The van der Waals surface area contributed by atoms with Gasteiger partial charge in [0.15, 0.2) is 5.96 Å². The summed E-state index contributed by atoms with van der Waals surface area (Å²) in [6, 6.07) is 6.65. The van der Waals surface area contributed by atoms with Gasteiger partial charge < -0.3 is 19.9 Å². The lowest BCUT2D eigenvalue weighted by Gasteiger charge is -2.37. The first kappa shape index (κ1) is 22.9. The van der Waals surface area contributed by atoms with Gasteiger partial charge in [-0.25, -0.2) is 4.39 Å². The van der Waals surface area contributed by atoms with Gasteiger partial charge in [-0.3, -0.25) is 9.79 Å². The van der Waals surface area contributed by atoms with Crippen molar-refractivity contribution in [1.82, 2.24) is 15.1 Å². The van der Waals surface area contributed by atoms with E-state index >= 15 is 0 Å². The molecule has 2 fully saturated rings. The molecule has 0 saturated carbocycles. The average molecular weight is 504 g/mol. The van der Waals surface area contributed by atoms with E-state index in [1.165, 1.54) is 6.07 Å². The van der Waals surface area contributed by atoms with Crippen molar-refractivity contribution in [2.75, 3.05) is 45.9 Å². The van der Waals surface area contributed by atoms with Gasteiger partial charge in [0.1, 0.15) is 11.9 Å². The molecule has 1 aromatic rings. The molecule has 8 heteroatoms. The minimum atomic E-state index is -0.246. The summed E-state index contributed by atoms with van der Waals surface area (Å²) in [6.45, 7) is 7.00. The smallest absolute Gasteiger partial charge is 0.251 e. The minimum Gasteiger partial charge on any atom is -0.368 e. The second kappa shape index (κ2) is 11.5. The number of aliphatic imine (C=N–C) groups is 1. The predicted molar refractivity (Wildman–Crippen MR) is 119 cm³/mol.